The number of rotatable bonds is 5. The van der Waals surface area contributed by atoms with E-state index in [2.05, 4.69) is 46.2 Å². The molecule has 6 nitrogen and oxygen atoms in total. The SMILES string of the molecule is Cc1noc(C)c1C(=O)N1CC[C@@](Cc2ccc(-c3ccsc3)cc2)(C(=O)N(C)C)C1. The second-order valence-corrected chi connectivity index (χ2v) is 9.32. The van der Waals surface area contributed by atoms with Gasteiger partial charge in [0.1, 0.15) is 11.3 Å². The zero-order chi connectivity index (χ0) is 22.2. The van der Waals surface area contributed by atoms with Crippen molar-refractivity contribution in [3.8, 4) is 11.1 Å². The first kappa shape index (κ1) is 21.3. The Bertz CT molecular complexity index is 1070. The predicted octanol–water partition coefficient (Wildman–Crippen LogP) is 4.18. The zero-order valence-electron chi connectivity index (χ0n) is 18.3. The van der Waals surface area contributed by atoms with Crippen molar-refractivity contribution in [3.63, 3.8) is 0 Å². The van der Waals surface area contributed by atoms with E-state index in [1.807, 2.05) is 0 Å². The van der Waals surface area contributed by atoms with Gasteiger partial charge in [-0.05, 0) is 60.2 Å². The van der Waals surface area contributed by atoms with Crippen LogP contribution in [0.3, 0.4) is 0 Å². The van der Waals surface area contributed by atoms with E-state index >= 15 is 0 Å². The maximum Gasteiger partial charge on any atom is 0.259 e. The molecule has 0 spiro atoms. The third-order valence-electron chi connectivity index (χ3n) is 6.10. The van der Waals surface area contributed by atoms with Gasteiger partial charge in [0.15, 0.2) is 0 Å². The summed E-state index contributed by atoms with van der Waals surface area (Å²) < 4.78 is 5.18. The summed E-state index contributed by atoms with van der Waals surface area (Å²) in [6.07, 6.45) is 1.23. The highest BCUT2D eigenvalue weighted by Gasteiger charge is 2.47. The zero-order valence-corrected chi connectivity index (χ0v) is 19.2. The quantitative estimate of drug-likeness (QED) is 0.601. The van der Waals surface area contributed by atoms with Crippen molar-refractivity contribution in [2.24, 2.45) is 5.41 Å². The van der Waals surface area contributed by atoms with Gasteiger partial charge in [0.2, 0.25) is 5.91 Å². The van der Waals surface area contributed by atoms with Gasteiger partial charge in [0, 0.05) is 27.2 Å². The molecule has 0 unspecified atom stereocenters. The van der Waals surface area contributed by atoms with Gasteiger partial charge in [0.05, 0.1) is 11.1 Å². The minimum atomic E-state index is -0.637. The first-order chi connectivity index (χ1) is 14.8. The molecule has 1 aliphatic rings. The molecule has 1 saturated heterocycles. The molecule has 3 heterocycles. The third-order valence-corrected chi connectivity index (χ3v) is 6.78. The van der Waals surface area contributed by atoms with Crippen LogP contribution in [0.15, 0.2) is 45.6 Å². The highest BCUT2D eigenvalue weighted by atomic mass is 32.1. The largest absolute Gasteiger partial charge is 0.361 e. The highest BCUT2D eigenvalue weighted by Crippen LogP contribution is 2.37. The average molecular weight is 438 g/mol. The van der Waals surface area contributed by atoms with E-state index in [4.69, 9.17) is 4.52 Å². The van der Waals surface area contributed by atoms with E-state index in [0.717, 1.165) is 5.56 Å². The summed E-state index contributed by atoms with van der Waals surface area (Å²) in [5.74, 6) is 0.462. The fourth-order valence-electron chi connectivity index (χ4n) is 4.50. The number of aromatic nitrogens is 1. The highest BCUT2D eigenvalue weighted by molar-refractivity contribution is 7.08. The molecule has 0 bridgehead atoms. The Morgan fingerprint density at radius 1 is 1.16 bits per heavy atom. The molecule has 0 aliphatic carbocycles. The number of thiophene rings is 1. The van der Waals surface area contributed by atoms with Crippen molar-refractivity contribution < 1.29 is 14.1 Å². The third kappa shape index (κ3) is 4.02. The van der Waals surface area contributed by atoms with E-state index in [1.54, 1.807) is 49.1 Å². The maximum atomic E-state index is 13.3. The maximum absolute atomic E-state index is 13.3. The molecular formula is C24H27N3O3S. The molecular weight excluding hydrogens is 410 g/mol. The molecule has 1 fully saturated rings. The summed E-state index contributed by atoms with van der Waals surface area (Å²) in [6, 6.07) is 10.5. The normalized spacial score (nSPS) is 18.4. The first-order valence-electron chi connectivity index (χ1n) is 10.4. The summed E-state index contributed by atoms with van der Waals surface area (Å²) in [5, 5.41) is 8.10. The summed E-state index contributed by atoms with van der Waals surface area (Å²) in [6.45, 7) is 4.44. The van der Waals surface area contributed by atoms with Gasteiger partial charge < -0.3 is 14.3 Å². The fourth-order valence-corrected chi connectivity index (χ4v) is 5.16. The lowest BCUT2D eigenvalue weighted by Gasteiger charge is -2.31. The lowest BCUT2D eigenvalue weighted by molar-refractivity contribution is -0.138. The Kier molecular flexibility index (Phi) is 5.71. The molecule has 0 radical (unpaired) electrons. The second kappa shape index (κ2) is 8.30. The number of carbonyl (C=O) groups is 2. The van der Waals surface area contributed by atoms with Crippen LogP contribution in [0, 0.1) is 19.3 Å². The molecule has 1 atom stereocenters. The van der Waals surface area contributed by atoms with Gasteiger partial charge in [0.25, 0.3) is 5.91 Å². The molecule has 162 valence electrons. The Labute approximate surface area is 186 Å². The standard InChI is InChI=1S/C24H27N3O3S/c1-16-21(17(2)30-25-16)22(28)27-11-10-24(15-27,23(29)26(3)4)13-18-5-7-19(8-6-18)20-9-12-31-14-20/h5-9,12,14H,10-11,13,15H2,1-4H3/t24-/m0/s1. The van der Waals surface area contributed by atoms with Crippen LogP contribution in [0.2, 0.25) is 0 Å². The number of likely N-dealkylation sites (tertiary alicyclic amines) is 1. The van der Waals surface area contributed by atoms with Gasteiger partial charge in [-0.3, -0.25) is 9.59 Å². The predicted molar refractivity (Wildman–Crippen MR) is 121 cm³/mol. The number of carbonyl (C=O) groups excluding carboxylic acids is 2. The molecule has 4 rings (SSSR count). The van der Waals surface area contributed by atoms with Crippen LogP contribution >= 0.6 is 11.3 Å². The van der Waals surface area contributed by atoms with Crippen molar-refractivity contribution in [1.82, 2.24) is 15.0 Å². The Hall–Kier alpha value is -2.93. The van der Waals surface area contributed by atoms with Crippen molar-refractivity contribution in [2.45, 2.75) is 26.7 Å². The second-order valence-electron chi connectivity index (χ2n) is 8.54. The topological polar surface area (TPSA) is 66.7 Å². The van der Waals surface area contributed by atoms with Crippen molar-refractivity contribution in [2.75, 3.05) is 27.2 Å². The Morgan fingerprint density at radius 2 is 1.90 bits per heavy atom. The van der Waals surface area contributed by atoms with E-state index in [9.17, 15) is 9.59 Å². The van der Waals surface area contributed by atoms with E-state index < -0.39 is 5.41 Å². The molecule has 31 heavy (non-hydrogen) atoms. The monoisotopic (exact) mass is 437 g/mol. The first-order valence-corrected chi connectivity index (χ1v) is 11.3. The Balaban J connectivity index is 1.58. The summed E-state index contributed by atoms with van der Waals surface area (Å²) in [7, 11) is 3.56. The van der Waals surface area contributed by atoms with Gasteiger partial charge in [-0.25, -0.2) is 0 Å². The number of aryl methyl sites for hydroxylation is 2. The van der Waals surface area contributed by atoms with Gasteiger partial charge in [-0.15, -0.1) is 0 Å². The van der Waals surface area contributed by atoms with Crippen LogP contribution in [-0.4, -0.2) is 54.0 Å². The van der Waals surface area contributed by atoms with Crippen LogP contribution in [0.4, 0.5) is 0 Å². The van der Waals surface area contributed by atoms with Crippen molar-refractivity contribution in [1.29, 1.82) is 0 Å². The smallest absolute Gasteiger partial charge is 0.259 e. The van der Waals surface area contributed by atoms with E-state index in [0.29, 0.717) is 42.9 Å². The van der Waals surface area contributed by atoms with Crippen LogP contribution < -0.4 is 0 Å². The Morgan fingerprint density at radius 3 is 2.48 bits per heavy atom. The van der Waals surface area contributed by atoms with Gasteiger partial charge in [-0.1, -0.05) is 29.4 Å². The summed E-state index contributed by atoms with van der Waals surface area (Å²) in [5.41, 5.74) is 3.92. The van der Waals surface area contributed by atoms with E-state index in [-0.39, 0.29) is 11.8 Å². The summed E-state index contributed by atoms with van der Waals surface area (Å²) >= 11 is 1.68. The van der Waals surface area contributed by atoms with Crippen molar-refractivity contribution >= 4 is 23.2 Å². The van der Waals surface area contributed by atoms with Crippen molar-refractivity contribution in [3.05, 3.63) is 63.7 Å². The van der Waals surface area contributed by atoms with Crippen LogP contribution in [0.5, 0.6) is 0 Å². The number of benzene rings is 1. The van der Waals surface area contributed by atoms with Crippen LogP contribution in [0.25, 0.3) is 11.1 Å². The molecule has 1 aromatic carbocycles. The fraction of sp³-hybridized carbons (Fsp3) is 0.375. The summed E-state index contributed by atoms with van der Waals surface area (Å²) in [4.78, 5) is 29.8. The minimum absolute atomic E-state index is 0.0588. The van der Waals surface area contributed by atoms with E-state index in [1.165, 1.54) is 11.1 Å². The number of hydrogen-bond acceptors (Lipinski definition) is 5. The molecule has 1 aliphatic heterocycles. The average Bonchev–Trinajstić information content (AvgIpc) is 3.49. The molecule has 2 amide bonds. The van der Waals surface area contributed by atoms with Gasteiger partial charge >= 0.3 is 0 Å². The molecule has 0 saturated carbocycles. The lowest BCUT2D eigenvalue weighted by atomic mass is 9.79. The van der Waals surface area contributed by atoms with Gasteiger partial charge in [-0.2, -0.15) is 11.3 Å². The minimum Gasteiger partial charge on any atom is -0.361 e. The number of amides is 2. The lowest BCUT2D eigenvalue weighted by Crippen LogP contribution is -2.44. The number of nitrogens with zero attached hydrogens (tertiary/aromatic N) is 3. The molecule has 7 heteroatoms. The molecule has 0 N–H and O–H groups in total. The number of hydrogen-bond donors (Lipinski definition) is 0. The van der Waals surface area contributed by atoms with Crippen LogP contribution in [-0.2, 0) is 11.2 Å². The molecule has 3 aromatic rings. The van der Waals surface area contributed by atoms with Crippen LogP contribution in [0.1, 0.15) is 33.8 Å². The molecule has 2 aromatic heterocycles.